The topological polar surface area (TPSA) is 73.3 Å². The lowest BCUT2D eigenvalue weighted by atomic mass is 9.79. The molecule has 0 N–H and O–H groups in total. The first kappa shape index (κ1) is 21.9. The lowest BCUT2D eigenvalue weighted by Gasteiger charge is -2.44. The number of nitrogens with zero attached hydrogens (tertiary/aromatic N) is 4. The van der Waals surface area contributed by atoms with Gasteiger partial charge in [-0.15, -0.1) is 11.3 Å². The van der Waals surface area contributed by atoms with E-state index in [2.05, 4.69) is 21.9 Å². The smallest absolute Gasteiger partial charge is 0.185 e. The van der Waals surface area contributed by atoms with Gasteiger partial charge in [0.05, 0.1) is 11.7 Å². The number of aliphatic imine (C=N–C) groups is 1. The van der Waals surface area contributed by atoms with Crippen LogP contribution >= 0.6 is 11.3 Å². The third kappa shape index (κ3) is 3.99. The molecule has 4 unspecified atom stereocenters. The monoisotopic (exact) mass is 493 g/mol. The van der Waals surface area contributed by atoms with E-state index in [1.165, 1.54) is 41.8 Å². The van der Waals surface area contributed by atoms with Crippen LogP contribution in [0.4, 0.5) is 5.13 Å². The molecule has 4 atom stereocenters. The Kier molecular flexibility index (Phi) is 5.61. The molecule has 8 heteroatoms. The first-order valence-electron chi connectivity index (χ1n) is 13.3. The Morgan fingerprint density at radius 1 is 1.00 bits per heavy atom. The predicted molar refractivity (Wildman–Crippen MR) is 135 cm³/mol. The molecule has 7 rings (SSSR count). The number of likely N-dealkylation sites (tertiary alicyclic amines) is 1. The molecule has 1 aromatic carbocycles. The van der Waals surface area contributed by atoms with Crippen LogP contribution < -0.4 is 19.5 Å². The van der Waals surface area contributed by atoms with Gasteiger partial charge in [0.25, 0.3) is 0 Å². The van der Waals surface area contributed by atoms with Gasteiger partial charge in [-0.25, -0.2) is 4.98 Å². The Labute approximate surface area is 210 Å². The summed E-state index contributed by atoms with van der Waals surface area (Å²) in [6, 6.07) is 6.48. The van der Waals surface area contributed by atoms with E-state index in [0.717, 1.165) is 62.1 Å². The second kappa shape index (κ2) is 8.96. The van der Waals surface area contributed by atoms with Crippen LogP contribution in [0.2, 0.25) is 0 Å². The molecular formula is C27H33N4O3S-. The fourth-order valence-electron chi connectivity index (χ4n) is 6.86. The van der Waals surface area contributed by atoms with Crippen LogP contribution in [-0.2, 0) is 19.3 Å². The molecule has 5 aliphatic rings. The molecular weight excluding hydrogens is 460 g/mol. The molecule has 35 heavy (non-hydrogen) atoms. The van der Waals surface area contributed by atoms with Gasteiger partial charge >= 0.3 is 0 Å². The zero-order chi connectivity index (χ0) is 23.4. The third-order valence-electron chi connectivity index (χ3n) is 8.53. The van der Waals surface area contributed by atoms with Crippen LogP contribution in [-0.4, -0.2) is 67.3 Å². The summed E-state index contributed by atoms with van der Waals surface area (Å²) in [4.78, 5) is 16.4. The van der Waals surface area contributed by atoms with Crippen LogP contribution in [0.1, 0.15) is 41.8 Å². The molecule has 0 spiro atoms. The number of anilines is 1. The Hall–Kier alpha value is -2.32. The van der Waals surface area contributed by atoms with Crippen molar-refractivity contribution in [1.29, 1.82) is 0 Å². The second-order valence-electron chi connectivity index (χ2n) is 10.7. The maximum atomic E-state index is 13.4. The molecule has 0 radical (unpaired) electrons. The van der Waals surface area contributed by atoms with Gasteiger partial charge in [0.2, 0.25) is 0 Å². The van der Waals surface area contributed by atoms with Crippen LogP contribution in [0.15, 0.2) is 23.2 Å². The van der Waals surface area contributed by atoms with Gasteiger partial charge in [-0.3, -0.25) is 9.89 Å². The van der Waals surface area contributed by atoms with E-state index in [1.54, 1.807) is 0 Å². The summed E-state index contributed by atoms with van der Waals surface area (Å²) in [5.41, 5.74) is 2.47. The number of hydrogen-bond donors (Lipinski definition) is 0. The van der Waals surface area contributed by atoms with E-state index in [-0.39, 0.29) is 17.9 Å². The summed E-state index contributed by atoms with van der Waals surface area (Å²) >= 11 is 1.86. The summed E-state index contributed by atoms with van der Waals surface area (Å²) in [5, 5.41) is 14.5. The van der Waals surface area contributed by atoms with Crippen molar-refractivity contribution in [3.8, 4) is 11.5 Å². The predicted octanol–water partition coefficient (Wildman–Crippen LogP) is 2.69. The Morgan fingerprint density at radius 3 is 2.69 bits per heavy atom. The van der Waals surface area contributed by atoms with Gasteiger partial charge in [0.15, 0.2) is 16.6 Å². The Balaban J connectivity index is 1.17. The number of thiazole rings is 1. The van der Waals surface area contributed by atoms with Gasteiger partial charge in [-0.2, -0.15) is 0 Å². The first-order valence-corrected chi connectivity index (χ1v) is 14.2. The summed E-state index contributed by atoms with van der Waals surface area (Å²) in [7, 11) is 0. The zero-order valence-electron chi connectivity index (χ0n) is 20.2. The van der Waals surface area contributed by atoms with E-state index in [1.807, 2.05) is 17.4 Å². The maximum Gasteiger partial charge on any atom is 0.185 e. The molecule has 0 bridgehead atoms. The molecule has 1 aliphatic carbocycles. The second-order valence-corrected chi connectivity index (χ2v) is 11.8. The van der Waals surface area contributed by atoms with E-state index in [0.29, 0.717) is 25.2 Å². The average molecular weight is 494 g/mol. The number of hydrogen-bond acceptors (Lipinski definition) is 8. The molecule has 0 saturated carbocycles. The highest BCUT2D eigenvalue weighted by Gasteiger charge is 2.47. The van der Waals surface area contributed by atoms with Gasteiger partial charge in [-0.1, -0.05) is 6.07 Å². The van der Waals surface area contributed by atoms with Gasteiger partial charge in [0.1, 0.15) is 13.2 Å². The number of aryl methyl sites for hydroxylation is 2. The minimum Gasteiger partial charge on any atom is -0.862 e. The molecule has 1 aromatic heterocycles. The number of rotatable bonds is 4. The summed E-state index contributed by atoms with van der Waals surface area (Å²) in [6.45, 7) is 5.08. The van der Waals surface area contributed by atoms with Gasteiger partial charge in [-0.05, 0) is 81.6 Å². The summed E-state index contributed by atoms with van der Waals surface area (Å²) < 4.78 is 11.5. The highest BCUT2D eigenvalue weighted by molar-refractivity contribution is 7.15. The first-order chi connectivity index (χ1) is 17.2. The molecule has 5 heterocycles. The number of benzene rings is 1. The van der Waals surface area contributed by atoms with E-state index in [4.69, 9.17) is 19.5 Å². The van der Waals surface area contributed by atoms with Crippen molar-refractivity contribution in [2.75, 3.05) is 44.3 Å². The van der Waals surface area contributed by atoms with Crippen LogP contribution in [0.25, 0.3) is 0 Å². The number of aromatic nitrogens is 1. The van der Waals surface area contributed by atoms with Crippen molar-refractivity contribution >= 4 is 22.4 Å². The lowest BCUT2D eigenvalue weighted by Crippen LogP contribution is -2.55. The van der Waals surface area contributed by atoms with Crippen molar-refractivity contribution in [2.45, 2.75) is 57.0 Å². The normalized spacial score (nSPS) is 30.2. The van der Waals surface area contributed by atoms with Crippen molar-refractivity contribution in [2.24, 2.45) is 16.8 Å². The zero-order valence-corrected chi connectivity index (χ0v) is 21.0. The molecule has 186 valence electrons. The Bertz CT molecular complexity index is 1100. The molecule has 2 fully saturated rings. The molecule has 0 amide bonds. The fraction of sp³-hybridized carbons (Fsp3) is 0.630. The Morgan fingerprint density at radius 2 is 1.83 bits per heavy atom. The highest BCUT2D eigenvalue weighted by Crippen LogP contribution is 2.42. The largest absolute Gasteiger partial charge is 0.862 e. The van der Waals surface area contributed by atoms with Crippen LogP contribution in [0.3, 0.4) is 0 Å². The average Bonchev–Trinajstić information content (AvgIpc) is 3.63. The third-order valence-corrected chi connectivity index (χ3v) is 9.75. The minimum absolute atomic E-state index is 0.0157. The maximum absolute atomic E-state index is 13.4. The number of fused-ring (bicyclic) bond motifs is 3. The summed E-state index contributed by atoms with van der Waals surface area (Å²) in [5.74, 6) is 2.01. The quantitative estimate of drug-likeness (QED) is 0.652. The molecule has 7 nitrogen and oxygen atoms in total. The molecule has 2 aromatic rings. The minimum atomic E-state index is -0.0196. The highest BCUT2D eigenvalue weighted by atomic mass is 32.1. The van der Waals surface area contributed by atoms with Gasteiger partial charge in [0, 0.05) is 35.8 Å². The van der Waals surface area contributed by atoms with Gasteiger partial charge < -0.3 is 19.5 Å². The summed E-state index contributed by atoms with van der Waals surface area (Å²) in [6.07, 6.45) is 8.03. The van der Waals surface area contributed by atoms with Crippen LogP contribution in [0, 0.1) is 11.8 Å². The van der Waals surface area contributed by atoms with Crippen molar-refractivity contribution in [3.05, 3.63) is 34.3 Å². The van der Waals surface area contributed by atoms with Crippen molar-refractivity contribution < 1.29 is 14.6 Å². The standard InChI is InChI=1S/C27H34N4O3S/c32-26-19-16-31(27-29-20-5-1-2-6-24(20)35-27)15-18(19)25(30-9-3-4-10-30)21(28-26)13-17-7-8-22-23(14-17)34-12-11-33-22/h7-8,14,18-19,21,25H,1-6,9-13,15-16H2,(H,28,32)/p-1. The molecule has 4 aliphatic heterocycles. The fourth-order valence-corrected chi connectivity index (χ4v) is 8.03. The van der Waals surface area contributed by atoms with Crippen LogP contribution in [0.5, 0.6) is 11.5 Å². The van der Waals surface area contributed by atoms with Crippen molar-refractivity contribution in [3.63, 3.8) is 0 Å². The number of ether oxygens (including phenoxy) is 2. The van der Waals surface area contributed by atoms with E-state index < -0.39 is 0 Å². The SMILES string of the molecule is [O-]C1=NC(Cc2ccc3c(c2)OCCO3)C(N2CCCC2)C2CN(c3nc4c(s3)CCCC4)CC12. The molecule has 2 saturated heterocycles. The lowest BCUT2D eigenvalue weighted by molar-refractivity contribution is -0.228. The van der Waals surface area contributed by atoms with Crippen molar-refractivity contribution in [1.82, 2.24) is 9.88 Å². The van der Waals surface area contributed by atoms with E-state index >= 15 is 0 Å². The van der Waals surface area contributed by atoms with E-state index in [9.17, 15) is 5.11 Å².